The molecule has 0 spiro atoms. The van der Waals surface area contributed by atoms with E-state index >= 15 is 0 Å². The van der Waals surface area contributed by atoms with Gasteiger partial charge in [0.15, 0.2) is 0 Å². The molecule has 1 unspecified atom stereocenters. The van der Waals surface area contributed by atoms with Crippen LogP contribution in [0.2, 0.25) is 0 Å². The number of fused-ring (bicyclic) bond motifs is 1. The number of anilines is 1. The topological polar surface area (TPSA) is 191 Å². The Hall–Kier alpha value is -3.50. The number of nitrogen functional groups attached to an aromatic ring is 1. The second kappa shape index (κ2) is 11.9. The maximum Gasteiger partial charge on any atom is 0.459 e. The lowest BCUT2D eigenvalue weighted by Crippen LogP contribution is -2.42. The molecule has 3 aromatic rings. The Balaban J connectivity index is 1.61. The number of benzene rings is 1. The predicted octanol–water partition coefficient (Wildman–Crippen LogP) is 2.14. The molecule has 0 saturated carbocycles. The SMILES string of the molecule is CCOC(=O)[C@@H](NP(=O)(OC[C@H]1O[C@@](C#N)(c2ccc3c(N)ccnn23)[C@H](O)[C@@H]1O)Oc1ccccc1)C(C)C. The fourth-order valence-electron chi connectivity index (χ4n) is 4.39. The van der Waals surface area contributed by atoms with Crippen molar-refractivity contribution in [3.05, 3.63) is 60.4 Å². The lowest BCUT2D eigenvalue weighted by Gasteiger charge is -2.27. The van der Waals surface area contributed by atoms with Crippen LogP contribution in [0.1, 0.15) is 26.5 Å². The molecule has 2 aromatic heterocycles. The van der Waals surface area contributed by atoms with Crippen LogP contribution in [0.3, 0.4) is 0 Å². The second-order valence-corrected chi connectivity index (χ2v) is 11.2. The third kappa shape index (κ3) is 5.69. The lowest BCUT2D eigenvalue weighted by molar-refractivity contribution is -0.146. The first kappa shape index (κ1) is 29.5. The highest BCUT2D eigenvalue weighted by Crippen LogP contribution is 2.47. The average Bonchev–Trinajstić information content (AvgIpc) is 3.47. The molecule has 0 bridgehead atoms. The molecule has 0 aliphatic carbocycles. The van der Waals surface area contributed by atoms with Gasteiger partial charge in [-0.25, -0.2) is 9.08 Å². The number of nitrogens with zero attached hydrogens (tertiary/aromatic N) is 3. The minimum absolute atomic E-state index is 0.111. The largest absolute Gasteiger partial charge is 0.465 e. The molecule has 1 fully saturated rings. The van der Waals surface area contributed by atoms with Crippen molar-refractivity contribution in [2.24, 2.45) is 5.92 Å². The summed E-state index contributed by atoms with van der Waals surface area (Å²) < 4.78 is 37.7. The highest BCUT2D eigenvalue weighted by atomic mass is 31.2. The highest BCUT2D eigenvalue weighted by Gasteiger charge is 2.58. The van der Waals surface area contributed by atoms with Crippen LogP contribution in [0.25, 0.3) is 5.52 Å². The number of para-hydroxylation sites is 1. The van der Waals surface area contributed by atoms with Crippen LogP contribution in [-0.4, -0.2) is 63.4 Å². The van der Waals surface area contributed by atoms with Gasteiger partial charge in [-0.15, -0.1) is 0 Å². The first-order valence-corrected chi connectivity index (χ1v) is 14.2. The number of aromatic nitrogens is 2. The van der Waals surface area contributed by atoms with Crippen molar-refractivity contribution in [2.45, 2.75) is 50.7 Å². The van der Waals surface area contributed by atoms with E-state index in [2.05, 4.69) is 10.2 Å². The summed E-state index contributed by atoms with van der Waals surface area (Å²) in [6.07, 6.45) is -3.25. The van der Waals surface area contributed by atoms with Gasteiger partial charge in [-0.3, -0.25) is 9.32 Å². The van der Waals surface area contributed by atoms with E-state index in [9.17, 15) is 24.8 Å². The van der Waals surface area contributed by atoms with Crippen molar-refractivity contribution in [1.82, 2.24) is 14.7 Å². The zero-order valence-corrected chi connectivity index (χ0v) is 23.1. The Kier molecular flexibility index (Phi) is 8.80. The molecule has 5 N–H and O–H groups in total. The Labute approximate surface area is 231 Å². The van der Waals surface area contributed by atoms with E-state index in [-0.39, 0.29) is 24.0 Å². The van der Waals surface area contributed by atoms with Crippen LogP contribution in [-0.2, 0) is 29.0 Å². The fraction of sp³-hybridized carbons (Fsp3) is 0.423. The molecule has 13 nitrogen and oxygen atoms in total. The summed E-state index contributed by atoms with van der Waals surface area (Å²) in [6.45, 7) is 4.64. The van der Waals surface area contributed by atoms with Crippen molar-refractivity contribution < 1.29 is 38.1 Å². The van der Waals surface area contributed by atoms with E-state index in [4.69, 9.17) is 24.3 Å². The monoisotopic (exact) mass is 573 g/mol. The Morgan fingerprint density at radius 1 is 1.27 bits per heavy atom. The molecule has 0 amide bonds. The van der Waals surface area contributed by atoms with Crippen LogP contribution >= 0.6 is 7.75 Å². The predicted molar refractivity (Wildman–Crippen MR) is 143 cm³/mol. The van der Waals surface area contributed by atoms with Gasteiger partial charge in [0.2, 0.25) is 5.60 Å². The zero-order chi connectivity index (χ0) is 29.1. The average molecular weight is 574 g/mol. The number of esters is 1. The quantitative estimate of drug-likeness (QED) is 0.193. The number of carbonyl (C=O) groups is 1. The number of ether oxygens (including phenoxy) is 2. The minimum Gasteiger partial charge on any atom is -0.465 e. The Bertz CT molecular complexity index is 1430. The molecule has 0 radical (unpaired) electrons. The van der Waals surface area contributed by atoms with Crippen LogP contribution in [0.4, 0.5) is 5.69 Å². The lowest BCUT2D eigenvalue weighted by atomic mass is 9.92. The Morgan fingerprint density at radius 3 is 2.65 bits per heavy atom. The molecule has 14 heteroatoms. The van der Waals surface area contributed by atoms with E-state index in [1.54, 1.807) is 63.2 Å². The summed E-state index contributed by atoms with van der Waals surface area (Å²) in [7, 11) is -4.32. The summed E-state index contributed by atoms with van der Waals surface area (Å²) >= 11 is 0. The first-order valence-electron chi connectivity index (χ1n) is 12.7. The van der Waals surface area contributed by atoms with Gasteiger partial charge in [-0.1, -0.05) is 32.0 Å². The van der Waals surface area contributed by atoms with Gasteiger partial charge in [0.25, 0.3) is 0 Å². The molecule has 3 heterocycles. The number of nitrogens with two attached hydrogens (primary N) is 1. The van der Waals surface area contributed by atoms with E-state index in [0.717, 1.165) is 0 Å². The number of rotatable bonds is 11. The fourth-order valence-corrected chi connectivity index (χ4v) is 6.06. The molecule has 4 rings (SSSR count). The van der Waals surface area contributed by atoms with Crippen molar-refractivity contribution in [2.75, 3.05) is 18.9 Å². The summed E-state index contributed by atoms with van der Waals surface area (Å²) in [5.74, 6) is -0.826. The van der Waals surface area contributed by atoms with E-state index < -0.39 is 50.3 Å². The molecule has 1 saturated heterocycles. The summed E-state index contributed by atoms with van der Waals surface area (Å²) in [5.41, 5.74) is 4.94. The number of aliphatic hydroxyl groups is 2. The molecular formula is C26H32N5O8P. The smallest absolute Gasteiger partial charge is 0.459 e. The van der Waals surface area contributed by atoms with Gasteiger partial charge < -0.3 is 29.9 Å². The van der Waals surface area contributed by atoms with Crippen LogP contribution < -0.4 is 15.3 Å². The summed E-state index contributed by atoms with van der Waals surface area (Å²) in [4.78, 5) is 12.6. The maximum absolute atomic E-state index is 14.0. The van der Waals surface area contributed by atoms with Gasteiger partial charge in [0, 0.05) is 6.20 Å². The van der Waals surface area contributed by atoms with Crippen molar-refractivity contribution in [3.63, 3.8) is 0 Å². The van der Waals surface area contributed by atoms with Crippen LogP contribution in [0, 0.1) is 17.2 Å². The minimum atomic E-state index is -4.32. The zero-order valence-electron chi connectivity index (χ0n) is 22.2. The molecular weight excluding hydrogens is 541 g/mol. The van der Waals surface area contributed by atoms with Crippen molar-refractivity contribution in [3.8, 4) is 11.8 Å². The standard InChI is InChI=1S/C26H32N5O8P/c1-4-36-25(34)22(16(2)3)30-40(35,39-17-8-6-5-7-9-17)37-14-20-23(32)24(33)26(15-27,38-20)21-11-10-19-18(28)12-13-29-31(19)21/h5-13,16,20,22-24,32-33H,4,14,28H2,1-3H3,(H,30,35)/t20-,22+,23-,24-,26+,40?/m1/s1. The molecule has 1 aliphatic rings. The number of nitrogens with one attached hydrogen (secondary N) is 1. The molecule has 40 heavy (non-hydrogen) atoms. The number of nitriles is 1. The van der Waals surface area contributed by atoms with E-state index in [1.165, 1.54) is 16.8 Å². The number of carbonyl (C=O) groups excluding carboxylic acids is 1. The van der Waals surface area contributed by atoms with E-state index in [1.807, 2.05) is 6.07 Å². The van der Waals surface area contributed by atoms with Gasteiger partial charge in [0.1, 0.15) is 36.2 Å². The summed E-state index contributed by atoms with van der Waals surface area (Å²) in [6, 6.07) is 13.7. The maximum atomic E-state index is 14.0. The third-order valence-electron chi connectivity index (χ3n) is 6.47. The third-order valence-corrected chi connectivity index (χ3v) is 8.01. The molecule has 6 atom stereocenters. The van der Waals surface area contributed by atoms with Crippen LogP contribution in [0.15, 0.2) is 54.7 Å². The van der Waals surface area contributed by atoms with Crippen molar-refractivity contribution >= 4 is 24.9 Å². The highest BCUT2D eigenvalue weighted by molar-refractivity contribution is 7.52. The van der Waals surface area contributed by atoms with Gasteiger partial charge >= 0.3 is 13.7 Å². The van der Waals surface area contributed by atoms with Gasteiger partial charge in [0.05, 0.1) is 30.1 Å². The molecule has 214 valence electrons. The van der Waals surface area contributed by atoms with E-state index in [0.29, 0.717) is 11.2 Å². The molecule has 1 aromatic carbocycles. The van der Waals surface area contributed by atoms with Crippen molar-refractivity contribution in [1.29, 1.82) is 5.26 Å². The number of aliphatic hydroxyl groups excluding tert-OH is 2. The second-order valence-electron chi connectivity index (χ2n) is 9.54. The van der Waals surface area contributed by atoms with Gasteiger partial charge in [-0.2, -0.15) is 15.4 Å². The van der Waals surface area contributed by atoms with Crippen LogP contribution in [0.5, 0.6) is 5.75 Å². The number of hydrogen-bond donors (Lipinski definition) is 4. The Morgan fingerprint density at radius 2 is 2.00 bits per heavy atom. The normalized spacial score (nSPS) is 24.9. The summed E-state index contributed by atoms with van der Waals surface area (Å²) in [5, 5.41) is 38.9. The van der Waals surface area contributed by atoms with Gasteiger partial charge in [-0.05, 0) is 43.2 Å². The first-order chi connectivity index (χ1) is 19.0. The number of hydrogen-bond acceptors (Lipinski definition) is 11. The molecule has 1 aliphatic heterocycles.